The number of nitrogens with one attached hydrogen (secondary N) is 2. The molecule has 0 fully saturated rings. The molecule has 4 aromatic rings. The van der Waals surface area contributed by atoms with E-state index < -0.39 is 0 Å². The Bertz CT molecular complexity index is 1170. The molecule has 6 nitrogen and oxygen atoms in total. The number of para-hydroxylation sites is 1. The monoisotopic (exact) mass is 419 g/mol. The SMILES string of the molecule is Cc1nn(-c2ccccc2)c(-n2cccc2)c1CNC(=O)Nc1cccc(Cl)c1C. The molecule has 0 unspecified atom stereocenters. The van der Waals surface area contributed by atoms with Gasteiger partial charge in [-0.05, 0) is 55.8 Å². The van der Waals surface area contributed by atoms with E-state index in [1.807, 2.05) is 90.1 Å². The second-order valence-electron chi connectivity index (χ2n) is 6.95. The van der Waals surface area contributed by atoms with Gasteiger partial charge in [-0.25, -0.2) is 9.48 Å². The van der Waals surface area contributed by atoms with Crippen molar-refractivity contribution < 1.29 is 4.79 Å². The number of carbonyl (C=O) groups excluding carboxylic acids is 1. The molecule has 7 heteroatoms. The number of amides is 2. The third-order valence-electron chi connectivity index (χ3n) is 4.95. The van der Waals surface area contributed by atoms with E-state index in [1.54, 1.807) is 6.07 Å². The van der Waals surface area contributed by atoms with Crippen molar-refractivity contribution >= 4 is 23.3 Å². The fourth-order valence-corrected chi connectivity index (χ4v) is 3.50. The van der Waals surface area contributed by atoms with E-state index in [2.05, 4.69) is 10.6 Å². The van der Waals surface area contributed by atoms with Crippen molar-refractivity contribution in [3.8, 4) is 11.5 Å². The summed E-state index contributed by atoms with van der Waals surface area (Å²) in [6, 6.07) is 19.0. The fraction of sp³-hybridized carbons (Fsp3) is 0.130. The number of rotatable bonds is 5. The van der Waals surface area contributed by atoms with E-state index >= 15 is 0 Å². The Balaban J connectivity index is 1.61. The van der Waals surface area contributed by atoms with Gasteiger partial charge >= 0.3 is 6.03 Å². The maximum atomic E-state index is 12.5. The smallest absolute Gasteiger partial charge is 0.319 e. The number of carbonyl (C=O) groups is 1. The standard InChI is InChI=1S/C23H22ClN5O/c1-16-20(24)11-8-12-21(16)26-23(30)25-15-19-17(2)27-29(18-9-4-3-5-10-18)22(19)28-13-6-7-14-28/h3-14H,15H2,1-2H3,(H2,25,26,30). The highest BCUT2D eigenvalue weighted by Crippen LogP contribution is 2.24. The number of nitrogens with zero attached hydrogens (tertiary/aromatic N) is 3. The summed E-state index contributed by atoms with van der Waals surface area (Å²) in [7, 11) is 0. The summed E-state index contributed by atoms with van der Waals surface area (Å²) < 4.78 is 3.90. The largest absolute Gasteiger partial charge is 0.334 e. The van der Waals surface area contributed by atoms with Gasteiger partial charge in [0.1, 0.15) is 5.82 Å². The van der Waals surface area contributed by atoms with E-state index in [0.29, 0.717) is 17.3 Å². The summed E-state index contributed by atoms with van der Waals surface area (Å²) in [5, 5.41) is 11.2. The molecule has 0 saturated carbocycles. The molecule has 2 N–H and O–H groups in total. The van der Waals surface area contributed by atoms with Crippen molar-refractivity contribution in [1.29, 1.82) is 0 Å². The van der Waals surface area contributed by atoms with E-state index in [0.717, 1.165) is 28.3 Å². The van der Waals surface area contributed by atoms with Crippen LogP contribution in [0, 0.1) is 13.8 Å². The topological polar surface area (TPSA) is 63.9 Å². The van der Waals surface area contributed by atoms with Crippen molar-refractivity contribution in [2.45, 2.75) is 20.4 Å². The molecule has 0 aliphatic rings. The first kappa shape index (κ1) is 19.8. The number of anilines is 1. The van der Waals surface area contributed by atoms with E-state index in [-0.39, 0.29) is 6.03 Å². The molecule has 0 radical (unpaired) electrons. The lowest BCUT2D eigenvalue weighted by atomic mass is 10.2. The van der Waals surface area contributed by atoms with Crippen LogP contribution >= 0.6 is 11.6 Å². The number of hydrogen-bond acceptors (Lipinski definition) is 2. The molecule has 4 rings (SSSR count). The summed E-state index contributed by atoms with van der Waals surface area (Å²) in [5.41, 5.74) is 4.25. The second-order valence-corrected chi connectivity index (χ2v) is 7.35. The highest BCUT2D eigenvalue weighted by molar-refractivity contribution is 6.31. The van der Waals surface area contributed by atoms with Crippen LogP contribution in [0.15, 0.2) is 73.1 Å². The number of benzene rings is 2. The number of aryl methyl sites for hydroxylation is 1. The Morgan fingerprint density at radius 2 is 1.73 bits per heavy atom. The highest BCUT2D eigenvalue weighted by Gasteiger charge is 2.18. The molecule has 2 aromatic carbocycles. The van der Waals surface area contributed by atoms with Gasteiger partial charge in [-0.3, -0.25) is 0 Å². The first-order valence-corrected chi connectivity index (χ1v) is 9.99. The van der Waals surface area contributed by atoms with Gasteiger partial charge in [0.15, 0.2) is 0 Å². The Morgan fingerprint density at radius 3 is 2.47 bits per heavy atom. The molecule has 0 atom stereocenters. The third kappa shape index (κ3) is 3.95. The van der Waals surface area contributed by atoms with Crippen LogP contribution in [0.4, 0.5) is 10.5 Å². The lowest BCUT2D eigenvalue weighted by molar-refractivity contribution is 0.251. The van der Waals surface area contributed by atoms with Crippen molar-refractivity contribution in [1.82, 2.24) is 19.7 Å². The number of aromatic nitrogens is 3. The summed E-state index contributed by atoms with van der Waals surface area (Å²) in [4.78, 5) is 12.5. The van der Waals surface area contributed by atoms with Crippen LogP contribution in [-0.4, -0.2) is 20.4 Å². The average Bonchev–Trinajstić information content (AvgIpc) is 3.38. The van der Waals surface area contributed by atoms with Crippen LogP contribution < -0.4 is 10.6 Å². The minimum absolute atomic E-state index is 0.300. The molecule has 2 amide bonds. The van der Waals surface area contributed by atoms with Crippen molar-refractivity contribution in [2.75, 3.05) is 5.32 Å². The van der Waals surface area contributed by atoms with Gasteiger partial charge in [0.25, 0.3) is 0 Å². The fourth-order valence-electron chi connectivity index (χ4n) is 3.32. The van der Waals surface area contributed by atoms with Crippen LogP contribution in [-0.2, 0) is 6.54 Å². The Hall–Kier alpha value is -3.51. The first-order chi connectivity index (χ1) is 14.5. The highest BCUT2D eigenvalue weighted by atomic mass is 35.5. The molecule has 152 valence electrons. The molecule has 0 saturated heterocycles. The Kier molecular flexibility index (Phi) is 5.59. The molecule has 0 spiro atoms. The van der Waals surface area contributed by atoms with Crippen molar-refractivity contribution in [3.63, 3.8) is 0 Å². The number of hydrogen-bond donors (Lipinski definition) is 2. The zero-order chi connectivity index (χ0) is 21.1. The molecule has 0 bridgehead atoms. The second kappa shape index (κ2) is 8.47. The summed E-state index contributed by atoms with van der Waals surface area (Å²) in [6.07, 6.45) is 3.93. The lowest BCUT2D eigenvalue weighted by Crippen LogP contribution is -2.29. The van der Waals surface area contributed by atoms with Crippen LogP contribution in [0.3, 0.4) is 0 Å². The van der Waals surface area contributed by atoms with Crippen molar-refractivity contribution in [2.24, 2.45) is 0 Å². The van der Waals surface area contributed by atoms with Crippen LogP contribution in [0.25, 0.3) is 11.5 Å². The zero-order valence-corrected chi connectivity index (χ0v) is 17.5. The average molecular weight is 420 g/mol. The van der Waals surface area contributed by atoms with Crippen LogP contribution in [0.2, 0.25) is 5.02 Å². The van der Waals surface area contributed by atoms with Gasteiger partial charge in [-0.2, -0.15) is 5.10 Å². The Morgan fingerprint density at radius 1 is 1.00 bits per heavy atom. The maximum absolute atomic E-state index is 12.5. The predicted molar refractivity (Wildman–Crippen MR) is 120 cm³/mol. The predicted octanol–water partition coefficient (Wildman–Crippen LogP) is 5.25. The van der Waals surface area contributed by atoms with Crippen molar-refractivity contribution in [3.05, 3.63) is 94.9 Å². The summed E-state index contributed by atoms with van der Waals surface area (Å²) in [5.74, 6) is 0.892. The minimum atomic E-state index is -0.300. The molecule has 2 aromatic heterocycles. The van der Waals surface area contributed by atoms with Gasteiger partial charge in [-0.15, -0.1) is 0 Å². The van der Waals surface area contributed by atoms with E-state index in [4.69, 9.17) is 16.7 Å². The van der Waals surface area contributed by atoms with Gasteiger partial charge in [0.2, 0.25) is 0 Å². The van der Waals surface area contributed by atoms with Gasteiger partial charge < -0.3 is 15.2 Å². The molecular weight excluding hydrogens is 398 g/mol. The lowest BCUT2D eigenvalue weighted by Gasteiger charge is -2.13. The van der Waals surface area contributed by atoms with E-state index in [1.165, 1.54) is 0 Å². The van der Waals surface area contributed by atoms with Crippen LogP contribution in [0.1, 0.15) is 16.8 Å². The maximum Gasteiger partial charge on any atom is 0.319 e. The number of halogens is 1. The zero-order valence-electron chi connectivity index (χ0n) is 16.8. The molecule has 30 heavy (non-hydrogen) atoms. The van der Waals surface area contributed by atoms with Crippen LogP contribution in [0.5, 0.6) is 0 Å². The number of urea groups is 1. The molecule has 0 aliphatic carbocycles. The minimum Gasteiger partial charge on any atom is -0.334 e. The Labute approximate surface area is 180 Å². The summed E-state index contributed by atoms with van der Waals surface area (Å²) in [6.45, 7) is 4.15. The molecule has 2 heterocycles. The molecule has 0 aliphatic heterocycles. The molecular formula is C23H22ClN5O. The first-order valence-electron chi connectivity index (χ1n) is 9.62. The normalized spacial score (nSPS) is 10.8. The van der Waals surface area contributed by atoms with Gasteiger partial charge in [-0.1, -0.05) is 35.9 Å². The van der Waals surface area contributed by atoms with Gasteiger partial charge in [0.05, 0.1) is 17.9 Å². The quantitative estimate of drug-likeness (QED) is 0.463. The van der Waals surface area contributed by atoms with Gasteiger partial charge in [0, 0.05) is 28.7 Å². The van der Waals surface area contributed by atoms with E-state index in [9.17, 15) is 4.79 Å². The third-order valence-corrected chi connectivity index (χ3v) is 5.36. The summed E-state index contributed by atoms with van der Waals surface area (Å²) >= 11 is 6.14.